The normalized spacial score (nSPS) is 22.1. The number of rotatable bonds is 3. The number of nitrogens with zero attached hydrogens (tertiary/aromatic N) is 1. The van der Waals surface area contributed by atoms with Gasteiger partial charge in [-0.15, -0.1) is 0 Å². The van der Waals surface area contributed by atoms with E-state index in [-0.39, 0.29) is 0 Å². The Balaban J connectivity index is 2.13. The van der Waals surface area contributed by atoms with Gasteiger partial charge in [0.05, 0.1) is 6.04 Å². The Labute approximate surface area is 121 Å². The van der Waals surface area contributed by atoms with E-state index in [2.05, 4.69) is 61.5 Å². The third-order valence-electron chi connectivity index (χ3n) is 4.76. The summed E-state index contributed by atoms with van der Waals surface area (Å²) in [7, 11) is 0. The molecule has 2 heterocycles. The number of allylic oxidation sites excluding steroid dienone is 1. The highest BCUT2D eigenvalue weighted by Crippen LogP contribution is 2.39. The summed E-state index contributed by atoms with van der Waals surface area (Å²) in [6.07, 6.45) is 3.32. The summed E-state index contributed by atoms with van der Waals surface area (Å²) >= 11 is 0. The van der Waals surface area contributed by atoms with E-state index >= 15 is 0 Å². The van der Waals surface area contributed by atoms with Crippen LogP contribution in [0.5, 0.6) is 0 Å². The quantitative estimate of drug-likeness (QED) is 0.848. The second kappa shape index (κ2) is 5.01. The zero-order valence-corrected chi connectivity index (χ0v) is 12.7. The fourth-order valence-corrected chi connectivity index (χ4v) is 3.64. The van der Waals surface area contributed by atoms with Gasteiger partial charge in [0, 0.05) is 28.3 Å². The van der Waals surface area contributed by atoms with Crippen LogP contribution in [0, 0.1) is 0 Å². The van der Waals surface area contributed by atoms with Gasteiger partial charge in [-0.05, 0) is 37.8 Å². The maximum atomic E-state index is 4.28. The number of nitrogens with one attached hydrogen (secondary N) is 1. The molecule has 2 atom stereocenters. The van der Waals surface area contributed by atoms with Crippen LogP contribution in [0.3, 0.4) is 0 Å². The highest BCUT2D eigenvalue weighted by molar-refractivity contribution is 5.85. The van der Waals surface area contributed by atoms with Gasteiger partial charge in [-0.3, -0.25) is 0 Å². The summed E-state index contributed by atoms with van der Waals surface area (Å²) in [6, 6.07) is 9.64. The molecule has 2 nitrogen and oxygen atoms in total. The third kappa shape index (κ3) is 1.86. The highest BCUT2D eigenvalue weighted by Gasteiger charge is 2.33. The van der Waals surface area contributed by atoms with E-state index in [1.807, 2.05) is 0 Å². The van der Waals surface area contributed by atoms with Gasteiger partial charge < -0.3 is 9.88 Å². The molecule has 0 radical (unpaired) electrons. The summed E-state index contributed by atoms with van der Waals surface area (Å²) in [5.74, 6) is 0. The highest BCUT2D eigenvalue weighted by atomic mass is 15.2. The van der Waals surface area contributed by atoms with Crippen LogP contribution in [0.25, 0.3) is 10.9 Å². The molecule has 0 bridgehead atoms. The Morgan fingerprint density at radius 2 is 2.10 bits per heavy atom. The van der Waals surface area contributed by atoms with Crippen molar-refractivity contribution in [1.82, 2.24) is 9.88 Å². The molecule has 1 aliphatic heterocycles. The van der Waals surface area contributed by atoms with Crippen LogP contribution >= 0.6 is 0 Å². The first kappa shape index (κ1) is 13.3. The van der Waals surface area contributed by atoms with Gasteiger partial charge in [-0.1, -0.05) is 38.6 Å². The Hall–Kier alpha value is -1.70. The predicted octanol–water partition coefficient (Wildman–Crippen LogP) is 4.79. The zero-order chi connectivity index (χ0) is 14.3. The lowest BCUT2D eigenvalue weighted by Gasteiger charge is -2.43. The molecule has 0 amide bonds. The van der Waals surface area contributed by atoms with Gasteiger partial charge in [0.1, 0.15) is 0 Å². The largest absolute Gasteiger partial charge is 0.364 e. The first-order chi connectivity index (χ1) is 9.67. The number of aromatic amines is 1. The van der Waals surface area contributed by atoms with Crippen molar-refractivity contribution in [3.05, 3.63) is 47.8 Å². The molecular formula is C18H24N2. The number of aromatic nitrogens is 1. The Kier molecular flexibility index (Phi) is 3.33. The molecule has 0 saturated heterocycles. The molecule has 1 aliphatic rings. The average molecular weight is 268 g/mol. The van der Waals surface area contributed by atoms with E-state index < -0.39 is 0 Å². The average Bonchev–Trinajstić information content (AvgIpc) is 2.85. The summed E-state index contributed by atoms with van der Waals surface area (Å²) in [5, 5.41) is 1.40. The van der Waals surface area contributed by atoms with Crippen LogP contribution in [0.4, 0.5) is 0 Å². The molecule has 0 fully saturated rings. The lowest BCUT2D eigenvalue weighted by molar-refractivity contribution is 0.165. The summed E-state index contributed by atoms with van der Waals surface area (Å²) in [4.78, 5) is 6.16. The van der Waals surface area contributed by atoms with Crippen molar-refractivity contribution in [1.29, 1.82) is 0 Å². The fraction of sp³-hybridized carbons (Fsp3) is 0.444. The van der Waals surface area contributed by atoms with Crippen molar-refractivity contribution in [3.8, 4) is 0 Å². The minimum absolute atomic E-state index is 0.392. The maximum absolute atomic E-state index is 4.28. The maximum Gasteiger partial charge on any atom is 0.0666 e. The fourth-order valence-electron chi connectivity index (χ4n) is 3.64. The number of hydrogen-bond donors (Lipinski definition) is 1. The second-order valence-electron chi connectivity index (χ2n) is 5.83. The Morgan fingerprint density at radius 1 is 1.35 bits per heavy atom. The third-order valence-corrected chi connectivity index (χ3v) is 4.76. The van der Waals surface area contributed by atoms with Gasteiger partial charge >= 0.3 is 0 Å². The van der Waals surface area contributed by atoms with Crippen LogP contribution in [0.2, 0.25) is 0 Å². The van der Waals surface area contributed by atoms with Crippen molar-refractivity contribution in [2.75, 3.05) is 0 Å². The van der Waals surface area contributed by atoms with Gasteiger partial charge in [-0.25, -0.2) is 0 Å². The van der Waals surface area contributed by atoms with Gasteiger partial charge in [0.15, 0.2) is 0 Å². The predicted molar refractivity (Wildman–Crippen MR) is 85.8 cm³/mol. The monoisotopic (exact) mass is 268 g/mol. The molecule has 0 saturated carbocycles. The molecule has 1 aromatic heterocycles. The number of hydrogen-bond acceptors (Lipinski definition) is 1. The first-order valence-electron chi connectivity index (χ1n) is 7.72. The van der Waals surface area contributed by atoms with Crippen molar-refractivity contribution in [2.45, 2.75) is 52.1 Å². The van der Waals surface area contributed by atoms with Crippen molar-refractivity contribution >= 4 is 10.9 Å². The number of H-pyrrole nitrogens is 1. The molecular weight excluding hydrogens is 244 g/mol. The summed E-state index contributed by atoms with van der Waals surface area (Å²) in [6.45, 7) is 11.1. The van der Waals surface area contributed by atoms with Gasteiger partial charge in [-0.2, -0.15) is 0 Å². The molecule has 0 spiro atoms. The molecule has 0 aliphatic carbocycles. The topological polar surface area (TPSA) is 19.0 Å². The van der Waals surface area contributed by atoms with Crippen LogP contribution in [-0.2, 0) is 6.42 Å². The standard InChI is InChI=1S/C18H24N2/c1-5-12(3)20-13(4)18-16(11-14(20)6-2)15-9-7-8-10-17(15)19-18/h7-10,13-14,19H,3,5-6,11H2,1-2,4H3/t13-,14-/m0/s1. The van der Waals surface area contributed by atoms with E-state index in [1.54, 1.807) is 0 Å². The molecule has 2 aromatic rings. The minimum atomic E-state index is 0.392. The number of para-hydroxylation sites is 1. The molecule has 3 rings (SSSR count). The SMILES string of the molecule is C=C(CC)N1[C@@H](CC)Cc2c([nH]c3ccccc23)[C@@H]1C. The lowest BCUT2D eigenvalue weighted by atomic mass is 9.90. The molecule has 20 heavy (non-hydrogen) atoms. The molecule has 1 N–H and O–H groups in total. The van der Waals surface area contributed by atoms with Crippen molar-refractivity contribution in [2.24, 2.45) is 0 Å². The van der Waals surface area contributed by atoms with Crippen LogP contribution < -0.4 is 0 Å². The van der Waals surface area contributed by atoms with E-state index in [9.17, 15) is 0 Å². The lowest BCUT2D eigenvalue weighted by Crippen LogP contribution is -2.41. The van der Waals surface area contributed by atoms with Gasteiger partial charge in [0.2, 0.25) is 0 Å². The van der Waals surface area contributed by atoms with E-state index in [0.29, 0.717) is 12.1 Å². The zero-order valence-electron chi connectivity index (χ0n) is 12.7. The molecule has 106 valence electrons. The molecule has 0 unspecified atom stereocenters. The Morgan fingerprint density at radius 3 is 2.80 bits per heavy atom. The van der Waals surface area contributed by atoms with E-state index in [0.717, 1.165) is 12.8 Å². The number of benzene rings is 1. The summed E-state index contributed by atoms with van der Waals surface area (Å²) < 4.78 is 0. The van der Waals surface area contributed by atoms with Crippen molar-refractivity contribution < 1.29 is 0 Å². The second-order valence-corrected chi connectivity index (χ2v) is 5.83. The summed E-state index contributed by atoms with van der Waals surface area (Å²) in [5.41, 5.74) is 5.42. The van der Waals surface area contributed by atoms with E-state index in [1.165, 1.54) is 34.3 Å². The van der Waals surface area contributed by atoms with Crippen LogP contribution in [0.1, 0.15) is 50.9 Å². The number of fused-ring (bicyclic) bond motifs is 3. The van der Waals surface area contributed by atoms with Crippen molar-refractivity contribution in [3.63, 3.8) is 0 Å². The minimum Gasteiger partial charge on any atom is -0.364 e. The van der Waals surface area contributed by atoms with Crippen LogP contribution in [0.15, 0.2) is 36.5 Å². The molecule has 1 aromatic carbocycles. The van der Waals surface area contributed by atoms with Gasteiger partial charge in [0.25, 0.3) is 0 Å². The van der Waals surface area contributed by atoms with Crippen LogP contribution in [-0.4, -0.2) is 15.9 Å². The Bertz CT molecular complexity index is 638. The smallest absolute Gasteiger partial charge is 0.0666 e. The van der Waals surface area contributed by atoms with E-state index in [4.69, 9.17) is 0 Å². The first-order valence-corrected chi connectivity index (χ1v) is 7.72. The molecule has 2 heteroatoms.